The lowest BCUT2D eigenvalue weighted by Gasteiger charge is -2.26. The van der Waals surface area contributed by atoms with Crippen LogP contribution in [0.3, 0.4) is 0 Å². The van der Waals surface area contributed by atoms with E-state index in [0.29, 0.717) is 19.0 Å². The average Bonchev–Trinajstić information content (AvgIpc) is 3.33. The van der Waals surface area contributed by atoms with Gasteiger partial charge < -0.3 is 19.1 Å². The van der Waals surface area contributed by atoms with Crippen LogP contribution in [0.15, 0.2) is 72.8 Å². The summed E-state index contributed by atoms with van der Waals surface area (Å²) in [7, 11) is 0. The molecule has 0 aliphatic carbocycles. The number of hydrogen-bond acceptors (Lipinski definition) is 4. The van der Waals surface area contributed by atoms with Crippen molar-refractivity contribution in [2.45, 2.75) is 18.9 Å². The van der Waals surface area contributed by atoms with Crippen LogP contribution in [0.5, 0.6) is 17.2 Å². The molecular weight excluding hydrogens is 390 g/mol. The van der Waals surface area contributed by atoms with Gasteiger partial charge in [-0.15, -0.1) is 0 Å². The summed E-state index contributed by atoms with van der Waals surface area (Å²) in [5.41, 5.74) is 3.37. The Morgan fingerprint density at radius 2 is 1.65 bits per heavy atom. The number of hydrogen-bond donors (Lipinski definition) is 0. The maximum absolute atomic E-state index is 12.9. The molecule has 0 saturated carbocycles. The second kappa shape index (κ2) is 8.72. The van der Waals surface area contributed by atoms with E-state index in [1.54, 1.807) is 0 Å². The molecule has 2 aliphatic rings. The molecule has 0 radical (unpaired) electrons. The predicted molar refractivity (Wildman–Crippen MR) is 118 cm³/mol. The van der Waals surface area contributed by atoms with Gasteiger partial charge in [-0.25, -0.2) is 0 Å². The number of nitrogens with zero attached hydrogens (tertiary/aromatic N) is 1. The summed E-state index contributed by atoms with van der Waals surface area (Å²) in [6, 6.07) is 24.1. The molecule has 2 heterocycles. The van der Waals surface area contributed by atoms with Crippen LogP contribution < -0.4 is 14.2 Å². The number of carbonyl (C=O) groups excluding carboxylic acids is 1. The molecule has 2 aliphatic heterocycles. The van der Waals surface area contributed by atoms with Crippen LogP contribution in [0, 0.1) is 0 Å². The quantitative estimate of drug-likeness (QED) is 0.597. The summed E-state index contributed by atoms with van der Waals surface area (Å²) in [5, 5.41) is 0. The minimum Gasteiger partial charge on any atom is -0.486 e. The van der Waals surface area contributed by atoms with E-state index < -0.39 is 0 Å². The number of benzene rings is 3. The number of likely N-dealkylation sites (tertiary alicyclic amines) is 1. The van der Waals surface area contributed by atoms with E-state index in [9.17, 15) is 4.79 Å². The first-order chi connectivity index (χ1) is 15.3. The van der Waals surface area contributed by atoms with Gasteiger partial charge in [0, 0.05) is 6.54 Å². The average molecular weight is 415 g/mol. The van der Waals surface area contributed by atoms with Crippen LogP contribution in [0.1, 0.15) is 24.4 Å². The van der Waals surface area contributed by atoms with E-state index in [0.717, 1.165) is 47.6 Å². The van der Waals surface area contributed by atoms with Crippen LogP contribution in [0.2, 0.25) is 0 Å². The highest BCUT2D eigenvalue weighted by Gasteiger charge is 2.31. The Bertz CT molecular complexity index is 1050. The van der Waals surface area contributed by atoms with Gasteiger partial charge in [0.2, 0.25) is 0 Å². The summed E-state index contributed by atoms with van der Waals surface area (Å²) in [6.45, 7) is 1.91. The van der Waals surface area contributed by atoms with Crippen molar-refractivity contribution in [2.24, 2.45) is 0 Å². The third-order valence-corrected chi connectivity index (χ3v) is 5.85. The number of ether oxygens (including phenoxy) is 3. The minimum atomic E-state index is 0.00419. The lowest BCUT2D eigenvalue weighted by atomic mass is 10.0. The van der Waals surface area contributed by atoms with Gasteiger partial charge in [0.05, 0.1) is 6.04 Å². The normalized spacial score (nSPS) is 17.4. The SMILES string of the molecule is O=C(COc1ccc(-c2ccccc2)cc1)N1CCC[C@H]1c1ccc2c(c1)OCCO2. The Kier molecular flexibility index (Phi) is 5.48. The lowest BCUT2D eigenvalue weighted by molar-refractivity contribution is -0.134. The number of carbonyl (C=O) groups is 1. The number of fused-ring (bicyclic) bond motifs is 1. The van der Waals surface area contributed by atoms with Crippen molar-refractivity contribution in [3.8, 4) is 28.4 Å². The third kappa shape index (κ3) is 4.22. The number of amides is 1. The molecule has 0 spiro atoms. The topological polar surface area (TPSA) is 48.0 Å². The molecule has 0 N–H and O–H groups in total. The molecule has 1 fully saturated rings. The molecule has 1 atom stereocenters. The molecule has 31 heavy (non-hydrogen) atoms. The Morgan fingerprint density at radius 3 is 2.45 bits per heavy atom. The van der Waals surface area contributed by atoms with E-state index in [1.165, 1.54) is 0 Å². The Morgan fingerprint density at radius 1 is 0.903 bits per heavy atom. The molecule has 5 nitrogen and oxygen atoms in total. The predicted octanol–water partition coefficient (Wildman–Crippen LogP) is 4.87. The molecule has 5 heteroatoms. The largest absolute Gasteiger partial charge is 0.486 e. The highest BCUT2D eigenvalue weighted by Crippen LogP contribution is 2.38. The molecule has 1 saturated heterocycles. The van der Waals surface area contributed by atoms with Crippen molar-refractivity contribution in [1.82, 2.24) is 4.90 Å². The van der Waals surface area contributed by atoms with Gasteiger partial charge in [-0.05, 0) is 53.8 Å². The Balaban J connectivity index is 1.23. The van der Waals surface area contributed by atoms with Crippen molar-refractivity contribution >= 4 is 5.91 Å². The first kappa shape index (κ1) is 19.5. The van der Waals surface area contributed by atoms with Crippen molar-refractivity contribution in [1.29, 1.82) is 0 Å². The molecular formula is C26H25NO4. The van der Waals surface area contributed by atoms with Crippen LogP contribution in [0.4, 0.5) is 0 Å². The fraction of sp³-hybridized carbons (Fsp3) is 0.269. The molecule has 0 aromatic heterocycles. The summed E-state index contributed by atoms with van der Waals surface area (Å²) in [4.78, 5) is 14.8. The fourth-order valence-corrected chi connectivity index (χ4v) is 4.28. The van der Waals surface area contributed by atoms with E-state index in [2.05, 4.69) is 12.1 Å². The zero-order valence-electron chi connectivity index (χ0n) is 17.3. The zero-order valence-corrected chi connectivity index (χ0v) is 17.3. The molecule has 3 aromatic rings. The maximum Gasteiger partial charge on any atom is 0.261 e. The maximum atomic E-state index is 12.9. The van der Waals surface area contributed by atoms with Gasteiger partial charge in [-0.2, -0.15) is 0 Å². The molecule has 5 rings (SSSR count). The first-order valence-electron chi connectivity index (χ1n) is 10.8. The van der Waals surface area contributed by atoms with Crippen molar-refractivity contribution < 1.29 is 19.0 Å². The van der Waals surface area contributed by atoms with Crippen LogP contribution in [-0.2, 0) is 4.79 Å². The van der Waals surface area contributed by atoms with Crippen molar-refractivity contribution in [2.75, 3.05) is 26.4 Å². The minimum absolute atomic E-state index is 0.00419. The van der Waals surface area contributed by atoms with Gasteiger partial charge in [0.25, 0.3) is 5.91 Å². The highest BCUT2D eigenvalue weighted by atomic mass is 16.6. The summed E-state index contributed by atoms with van der Waals surface area (Å²) < 4.78 is 17.1. The third-order valence-electron chi connectivity index (χ3n) is 5.85. The van der Waals surface area contributed by atoms with Crippen LogP contribution in [-0.4, -0.2) is 37.2 Å². The monoisotopic (exact) mass is 415 g/mol. The summed E-state index contributed by atoms with van der Waals surface area (Å²) in [6.07, 6.45) is 1.92. The Hall–Kier alpha value is -3.47. The standard InChI is InChI=1S/C26H25NO4/c28-26(18-31-22-11-8-20(9-12-22)19-5-2-1-3-6-19)27-14-4-7-23(27)21-10-13-24-25(17-21)30-16-15-29-24/h1-3,5-6,8-13,17,23H,4,7,14-16,18H2/t23-/m0/s1. The van der Waals surface area contributed by atoms with Crippen molar-refractivity contribution in [3.05, 3.63) is 78.4 Å². The molecule has 1 amide bonds. The summed E-state index contributed by atoms with van der Waals surface area (Å²) in [5.74, 6) is 2.23. The van der Waals surface area contributed by atoms with Crippen molar-refractivity contribution in [3.63, 3.8) is 0 Å². The van der Waals surface area contributed by atoms with Crippen LogP contribution in [0.25, 0.3) is 11.1 Å². The van der Waals surface area contributed by atoms with Gasteiger partial charge in [-0.3, -0.25) is 4.79 Å². The van der Waals surface area contributed by atoms with Gasteiger partial charge >= 0.3 is 0 Å². The first-order valence-corrected chi connectivity index (χ1v) is 10.8. The second-order valence-electron chi connectivity index (χ2n) is 7.83. The second-order valence-corrected chi connectivity index (χ2v) is 7.83. The smallest absolute Gasteiger partial charge is 0.261 e. The van der Waals surface area contributed by atoms with E-state index in [4.69, 9.17) is 14.2 Å². The molecule has 0 bridgehead atoms. The van der Waals surface area contributed by atoms with E-state index in [1.807, 2.05) is 65.6 Å². The number of rotatable bonds is 5. The molecule has 0 unspecified atom stereocenters. The highest BCUT2D eigenvalue weighted by molar-refractivity contribution is 5.78. The zero-order chi connectivity index (χ0) is 21.0. The van der Waals surface area contributed by atoms with E-state index >= 15 is 0 Å². The lowest BCUT2D eigenvalue weighted by Crippen LogP contribution is -2.34. The van der Waals surface area contributed by atoms with Gasteiger partial charge in [-0.1, -0.05) is 48.5 Å². The molecule has 158 valence electrons. The molecule has 3 aromatic carbocycles. The van der Waals surface area contributed by atoms with Gasteiger partial charge in [0.15, 0.2) is 18.1 Å². The Labute approximate surface area is 182 Å². The summed E-state index contributed by atoms with van der Waals surface area (Å²) >= 11 is 0. The van der Waals surface area contributed by atoms with Crippen LogP contribution >= 0.6 is 0 Å². The van der Waals surface area contributed by atoms with E-state index in [-0.39, 0.29) is 18.6 Å². The fourth-order valence-electron chi connectivity index (χ4n) is 4.28. The van der Waals surface area contributed by atoms with Gasteiger partial charge in [0.1, 0.15) is 19.0 Å².